The number of nitrogens with one attached hydrogen (secondary N) is 2. The van der Waals surface area contributed by atoms with E-state index in [-0.39, 0.29) is 11.8 Å². The van der Waals surface area contributed by atoms with Crippen molar-refractivity contribution < 1.29 is 9.90 Å². The van der Waals surface area contributed by atoms with Crippen LogP contribution in [0.15, 0.2) is 24.3 Å². The first-order valence-electron chi connectivity index (χ1n) is 7.41. The van der Waals surface area contributed by atoms with Crippen LogP contribution in [0.3, 0.4) is 0 Å². The number of amides is 1. The Hall–Kier alpha value is -1.34. The predicted octanol–water partition coefficient (Wildman–Crippen LogP) is 0.590. The van der Waals surface area contributed by atoms with Crippen molar-refractivity contribution in [2.75, 3.05) is 51.0 Å². The van der Waals surface area contributed by atoms with E-state index in [9.17, 15) is 9.90 Å². The van der Waals surface area contributed by atoms with Gasteiger partial charge in [0.2, 0.25) is 0 Å². The molecule has 1 aromatic carbocycles. The lowest BCUT2D eigenvalue weighted by Gasteiger charge is -2.32. The number of likely N-dealkylation sites (N-methyl/N-ethyl adjacent to an activating group) is 1. The molecule has 1 atom stereocenters. The Bertz CT molecular complexity index is 492. The number of nitrogens with zero attached hydrogens (tertiary/aromatic N) is 2. The Kier molecular flexibility index (Phi) is 6.45. The molecule has 1 unspecified atom stereocenters. The van der Waals surface area contributed by atoms with Gasteiger partial charge in [-0.05, 0) is 19.2 Å². The van der Waals surface area contributed by atoms with E-state index in [2.05, 4.69) is 22.7 Å². The van der Waals surface area contributed by atoms with Crippen LogP contribution in [0.4, 0.5) is 5.69 Å². The molecule has 122 valence electrons. The Labute approximate surface area is 136 Å². The Morgan fingerprint density at radius 1 is 1.32 bits per heavy atom. The molecule has 3 N–H and O–H groups in total. The number of halogens is 1. The van der Waals surface area contributed by atoms with Gasteiger partial charge in [0.1, 0.15) is 0 Å². The molecule has 1 fully saturated rings. The Morgan fingerprint density at radius 2 is 2.00 bits per heavy atom. The summed E-state index contributed by atoms with van der Waals surface area (Å²) >= 11 is 5.58. The average molecular weight is 327 g/mol. The molecule has 22 heavy (non-hydrogen) atoms. The summed E-state index contributed by atoms with van der Waals surface area (Å²) in [6.45, 7) is 3.79. The third-order valence-electron chi connectivity index (χ3n) is 3.64. The van der Waals surface area contributed by atoms with Crippen LogP contribution in [0.2, 0.25) is 0 Å². The van der Waals surface area contributed by atoms with Gasteiger partial charge in [0.25, 0.3) is 5.91 Å². The molecule has 6 nitrogen and oxygen atoms in total. The van der Waals surface area contributed by atoms with Gasteiger partial charge in [0.15, 0.2) is 0 Å². The predicted molar refractivity (Wildman–Crippen MR) is 88.2 cm³/mol. The largest absolute Gasteiger partial charge is 0.390 e. The van der Waals surface area contributed by atoms with Gasteiger partial charge < -0.3 is 15.3 Å². The minimum atomic E-state index is -0.643. The lowest BCUT2D eigenvalue weighted by atomic mass is 10.1. The highest BCUT2D eigenvalue weighted by Gasteiger charge is 2.18. The number of hydrogen-bond donors (Lipinski definition) is 3. The first kappa shape index (κ1) is 17.0. The number of piperazine rings is 1. The normalized spacial score (nSPS) is 18.0. The SMILES string of the molecule is CN1CCN(NC(=O)c2ccccc2NCC(O)CCl)CC1. The molecule has 1 heterocycles. The number of carbonyl (C=O) groups is 1. The average Bonchev–Trinajstić information content (AvgIpc) is 2.55. The van der Waals surface area contributed by atoms with E-state index in [1.807, 2.05) is 23.2 Å². The van der Waals surface area contributed by atoms with Gasteiger partial charge in [-0.2, -0.15) is 0 Å². The molecule has 1 amide bonds. The molecule has 0 aromatic heterocycles. The summed E-state index contributed by atoms with van der Waals surface area (Å²) in [7, 11) is 2.07. The zero-order chi connectivity index (χ0) is 15.9. The molecule has 1 aliphatic heterocycles. The number of rotatable bonds is 6. The molecular weight excluding hydrogens is 304 g/mol. The van der Waals surface area contributed by atoms with E-state index in [0.29, 0.717) is 17.8 Å². The molecule has 1 aliphatic rings. The van der Waals surface area contributed by atoms with E-state index in [0.717, 1.165) is 26.2 Å². The fraction of sp³-hybridized carbons (Fsp3) is 0.533. The minimum Gasteiger partial charge on any atom is -0.390 e. The summed E-state index contributed by atoms with van der Waals surface area (Å²) in [4.78, 5) is 14.7. The molecule has 0 aliphatic carbocycles. The topological polar surface area (TPSA) is 67.8 Å². The van der Waals surface area contributed by atoms with Gasteiger partial charge >= 0.3 is 0 Å². The third kappa shape index (κ3) is 4.84. The molecule has 1 saturated heterocycles. The maximum Gasteiger partial charge on any atom is 0.267 e. The Morgan fingerprint density at radius 3 is 2.68 bits per heavy atom. The number of hydrazine groups is 1. The molecule has 0 spiro atoms. The fourth-order valence-electron chi connectivity index (χ4n) is 2.24. The van der Waals surface area contributed by atoms with Gasteiger partial charge in [-0.25, -0.2) is 5.01 Å². The smallest absolute Gasteiger partial charge is 0.267 e. The van der Waals surface area contributed by atoms with Crippen LogP contribution in [0.25, 0.3) is 0 Å². The van der Waals surface area contributed by atoms with Crippen molar-refractivity contribution in [3.63, 3.8) is 0 Å². The minimum absolute atomic E-state index is 0.145. The van der Waals surface area contributed by atoms with Crippen molar-refractivity contribution >= 4 is 23.2 Å². The summed E-state index contributed by atoms with van der Waals surface area (Å²) in [5.41, 5.74) is 4.19. The first-order chi connectivity index (χ1) is 10.6. The van der Waals surface area contributed by atoms with Gasteiger partial charge in [-0.1, -0.05) is 12.1 Å². The van der Waals surface area contributed by atoms with E-state index in [1.54, 1.807) is 6.07 Å². The molecule has 0 saturated carbocycles. The van der Waals surface area contributed by atoms with Crippen LogP contribution >= 0.6 is 11.6 Å². The van der Waals surface area contributed by atoms with Gasteiger partial charge in [-0.15, -0.1) is 11.6 Å². The monoisotopic (exact) mass is 326 g/mol. The number of benzene rings is 1. The summed E-state index contributed by atoms with van der Waals surface area (Å²) < 4.78 is 0. The van der Waals surface area contributed by atoms with E-state index >= 15 is 0 Å². The van der Waals surface area contributed by atoms with Crippen LogP contribution in [0.5, 0.6) is 0 Å². The molecule has 0 bridgehead atoms. The summed E-state index contributed by atoms with van der Waals surface area (Å²) in [6.07, 6.45) is -0.643. The molecule has 1 aromatic rings. The summed E-state index contributed by atoms with van der Waals surface area (Å²) in [6, 6.07) is 7.25. The van der Waals surface area contributed by atoms with Gasteiger partial charge in [0.05, 0.1) is 17.5 Å². The van der Waals surface area contributed by atoms with E-state index < -0.39 is 6.10 Å². The van der Waals surface area contributed by atoms with Gasteiger partial charge in [-0.3, -0.25) is 10.2 Å². The maximum absolute atomic E-state index is 12.4. The first-order valence-corrected chi connectivity index (χ1v) is 7.95. The van der Waals surface area contributed by atoms with Crippen molar-refractivity contribution in [2.45, 2.75) is 6.10 Å². The van der Waals surface area contributed by atoms with Crippen LogP contribution in [0.1, 0.15) is 10.4 Å². The van der Waals surface area contributed by atoms with Crippen LogP contribution in [-0.2, 0) is 0 Å². The molecular formula is C15H23ClN4O2. The van der Waals surface area contributed by atoms with E-state index in [1.165, 1.54) is 0 Å². The molecule has 0 radical (unpaired) electrons. The zero-order valence-electron chi connectivity index (χ0n) is 12.8. The molecule has 7 heteroatoms. The van der Waals surface area contributed by atoms with Crippen molar-refractivity contribution in [3.8, 4) is 0 Å². The second-order valence-electron chi connectivity index (χ2n) is 5.47. The maximum atomic E-state index is 12.4. The van der Waals surface area contributed by atoms with Crippen molar-refractivity contribution in [3.05, 3.63) is 29.8 Å². The third-order valence-corrected chi connectivity index (χ3v) is 4.00. The van der Waals surface area contributed by atoms with Crippen molar-refractivity contribution in [1.82, 2.24) is 15.3 Å². The second-order valence-corrected chi connectivity index (χ2v) is 5.77. The number of para-hydroxylation sites is 1. The number of alkyl halides is 1. The highest BCUT2D eigenvalue weighted by atomic mass is 35.5. The standard InChI is InChI=1S/C15H23ClN4O2/c1-19-6-8-20(9-7-19)18-15(22)13-4-2-3-5-14(13)17-11-12(21)10-16/h2-5,12,17,21H,6-11H2,1H3,(H,18,22). The number of anilines is 1. The van der Waals surface area contributed by atoms with E-state index in [4.69, 9.17) is 11.6 Å². The van der Waals surface area contributed by atoms with Crippen LogP contribution in [-0.4, -0.2) is 72.7 Å². The quantitative estimate of drug-likeness (QED) is 0.668. The van der Waals surface area contributed by atoms with Crippen molar-refractivity contribution in [1.29, 1.82) is 0 Å². The lowest BCUT2D eigenvalue weighted by Crippen LogP contribution is -2.52. The fourth-order valence-corrected chi connectivity index (χ4v) is 2.35. The Balaban J connectivity index is 1.96. The number of carbonyl (C=O) groups excluding carboxylic acids is 1. The highest BCUT2D eigenvalue weighted by molar-refractivity contribution is 6.18. The van der Waals surface area contributed by atoms with Gasteiger partial charge in [0, 0.05) is 38.4 Å². The molecule has 2 rings (SSSR count). The number of aliphatic hydroxyl groups excluding tert-OH is 1. The zero-order valence-corrected chi connectivity index (χ0v) is 13.5. The number of aliphatic hydroxyl groups is 1. The summed E-state index contributed by atoms with van der Waals surface area (Å²) in [5.74, 6) is 0.0101. The second kappa shape index (κ2) is 8.33. The van der Waals surface area contributed by atoms with Crippen molar-refractivity contribution in [2.24, 2.45) is 0 Å². The van der Waals surface area contributed by atoms with Crippen LogP contribution in [0, 0.1) is 0 Å². The summed E-state index contributed by atoms with van der Waals surface area (Å²) in [5, 5.41) is 14.5. The van der Waals surface area contributed by atoms with Crippen LogP contribution < -0.4 is 10.7 Å². The number of hydrogen-bond acceptors (Lipinski definition) is 5. The lowest BCUT2D eigenvalue weighted by molar-refractivity contribution is 0.0663. The highest BCUT2D eigenvalue weighted by Crippen LogP contribution is 2.15.